The molecule has 2 nitrogen and oxygen atoms in total. The summed E-state index contributed by atoms with van der Waals surface area (Å²) in [5.41, 5.74) is 4.31. The summed E-state index contributed by atoms with van der Waals surface area (Å²) in [6.07, 6.45) is 0. The van der Waals surface area contributed by atoms with Gasteiger partial charge in [0, 0.05) is 0 Å². The van der Waals surface area contributed by atoms with Crippen LogP contribution in [0.5, 0.6) is 5.75 Å². The molecule has 0 bridgehead atoms. The van der Waals surface area contributed by atoms with Gasteiger partial charge in [0.1, 0.15) is 13.3 Å². The number of carbonyl (C=O) groups excluding carboxylic acids is 1. The minimum absolute atomic E-state index is 0.0166. The summed E-state index contributed by atoms with van der Waals surface area (Å²) in [5.74, 6) is 2.98. The molecule has 1 N–H and O–H groups in total. The van der Waals surface area contributed by atoms with E-state index in [9.17, 15) is 9.90 Å². The summed E-state index contributed by atoms with van der Waals surface area (Å²) in [7, 11) is -2.85. The average molecular weight is 291 g/mol. The second kappa shape index (κ2) is 5.35. The van der Waals surface area contributed by atoms with Crippen molar-refractivity contribution >= 4 is 21.0 Å². The van der Waals surface area contributed by atoms with E-state index in [-0.39, 0.29) is 11.5 Å². The normalized spacial score (nSPS) is 11.7. The Kier molecular flexibility index (Phi) is 4.44. The van der Waals surface area contributed by atoms with Crippen molar-refractivity contribution in [2.24, 2.45) is 0 Å². The monoisotopic (exact) mass is 290 g/mol. The fraction of sp³-hybridized carbons (Fsp3) is 0.400. The van der Waals surface area contributed by atoms with Gasteiger partial charge >= 0.3 is 0 Å². The molecular weight excluding hydrogens is 268 g/mol. The molecule has 0 aliphatic carbocycles. The zero-order chi connectivity index (χ0) is 14.8. The fourth-order valence-electron chi connectivity index (χ4n) is 1.34. The number of hydrogen-bond donors (Lipinski definition) is 1. The van der Waals surface area contributed by atoms with Crippen LogP contribution in [0.15, 0.2) is 18.2 Å². The third-order valence-corrected chi connectivity index (χ3v) is 19.9. The highest BCUT2D eigenvalue weighted by Crippen LogP contribution is 2.23. The zero-order valence-electron chi connectivity index (χ0n) is 12.6. The van der Waals surface area contributed by atoms with E-state index < -0.39 is 15.2 Å². The van der Waals surface area contributed by atoms with Crippen LogP contribution in [0.1, 0.15) is 22.8 Å². The third kappa shape index (κ3) is 3.58. The van der Waals surface area contributed by atoms with Gasteiger partial charge in [0.15, 0.2) is 5.78 Å². The lowest BCUT2D eigenvalue weighted by Gasteiger charge is -2.29. The first-order chi connectivity index (χ1) is 8.56. The van der Waals surface area contributed by atoms with Crippen molar-refractivity contribution in [2.45, 2.75) is 39.7 Å². The van der Waals surface area contributed by atoms with Gasteiger partial charge in [0.25, 0.3) is 0 Å². The van der Waals surface area contributed by atoms with Gasteiger partial charge in [0.05, 0.1) is 18.7 Å². The van der Waals surface area contributed by atoms with Crippen molar-refractivity contribution in [3.05, 3.63) is 29.3 Å². The van der Waals surface area contributed by atoms with Crippen LogP contribution in [0, 0.1) is 11.5 Å². The SMILES string of the molecule is CC(=O)c1cccc(C#C[Si](C)(C)[Si](C)(C)C)c1O. The molecule has 1 aromatic carbocycles. The van der Waals surface area contributed by atoms with Gasteiger partial charge < -0.3 is 5.11 Å². The zero-order valence-corrected chi connectivity index (χ0v) is 14.6. The lowest BCUT2D eigenvalue weighted by atomic mass is 10.1. The molecular formula is C15H22O2Si2. The molecule has 1 aromatic rings. The molecule has 4 heteroatoms. The Morgan fingerprint density at radius 1 is 1.16 bits per heavy atom. The van der Waals surface area contributed by atoms with Crippen molar-refractivity contribution in [2.75, 3.05) is 0 Å². The van der Waals surface area contributed by atoms with Crippen molar-refractivity contribution < 1.29 is 9.90 Å². The van der Waals surface area contributed by atoms with Gasteiger partial charge in [-0.2, -0.15) is 0 Å². The van der Waals surface area contributed by atoms with E-state index in [1.54, 1.807) is 18.2 Å². The molecule has 0 radical (unpaired) electrons. The maximum atomic E-state index is 11.4. The highest BCUT2D eigenvalue weighted by atomic mass is 29.3. The lowest BCUT2D eigenvalue weighted by molar-refractivity contribution is 0.101. The number of phenolic OH excluding ortho intramolecular Hbond substituents is 1. The maximum absolute atomic E-state index is 11.4. The minimum atomic E-state index is -1.57. The van der Waals surface area contributed by atoms with Crippen molar-refractivity contribution in [3.8, 4) is 17.2 Å². The van der Waals surface area contributed by atoms with E-state index in [1.165, 1.54) is 6.92 Å². The summed E-state index contributed by atoms with van der Waals surface area (Å²) >= 11 is 0. The van der Waals surface area contributed by atoms with E-state index in [0.717, 1.165) is 0 Å². The number of aromatic hydroxyl groups is 1. The van der Waals surface area contributed by atoms with Crippen molar-refractivity contribution in [3.63, 3.8) is 0 Å². The molecule has 0 amide bonds. The Bertz CT molecular complexity index is 558. The summed E-state index contributed by atoms with van der Waals surface area (Å²) in [5, 5.41) is 10.1. The van der Waals surface area contributed by atoms with Gasteiger partial charge in [-0.1, -0.05) is 44.7 Å². The molecule has 0 aliphatic rings. The summed E-state index contributed by atoms with van der Waals surface area (Å²) in [4.78, 5) is 11.4. The van der Waals surface area contributed by atoms with Gasteiger partial charge in [0.2, 0.25) is 0 Å². The summed E-state index contributed by atoms with van der Waals surface area (Å²) < 4.78 is 0. The molecule has 102 valence electrons. The topological polar surface area (TPSA) is 37.3 Å². The Morgan fingerprint density at radius 2 is 1.74 bits per heavy atom. The first kappa shape index (κ1) is 15.7. The van der Waals surface area contributed by atoms with Gasteiger partial charge in [-0.15, -0.1) is 5.54 Å². The van der Waals surface area contributed by atoms with Crippen LogP contribution in [-0.4, -0.2) is 26.1 Å². The quantitative estimate of drug-likeness (QED) is 0.513. The molecule has 1 rings (SSSR count). The number of rotatable bonds is 2. The second-order valence-corrected chi connectivity index (χ2v) is 22.6. The minimum Gasteiger partial charge on any atom is -0.506 e. The van der Waals surface area contributed by atoms with E-state index in [4.69, 9.17) is 0 Å². The highest BCUT2D eigenvalue weighted by Gasteiger charge is 2.35. The molecule has 0 saturated heterocycles. The predicted molar refractivity (Wildman–Crippen MR) is 85.8 cm³/mol. The standard InChI is InChI=1S/C15H22O2Si2/c1-12(16)14-9-7-8-13(15(14)17)10-11-19(5,6)18(2,3)4/h7-9,17H,1-6H3. The van der Waals surface area contributed by atoms with Crippen LogP contribution in [0.2, 0.25) is 32.7 Å². The Hall–Kier alpha value is -1.32. The number of carbonyl (C=O) groups is 1. The molecule has 19 heavy (non-hydrogen) atoms. The van der Waals surface area contributed by atoms with Crippen LogP contribution >= 0.6 is 0 Å². The number of phenols is 1. The summed E-state index contributed by atoms with van der Waals surface area (Å²) in [6.45, 7) is 13.0. The molecule has 0 spiro atoms. The molecule has 0 unspecified atom stereocenters. The molecule has 0 aliphatic heterocycles. The Balaban J connectivity index is 3.23. The molecule has 0 atom stereocenters. The summed E-state index contributed by atoms with van der Waals surface area (Å²) in [6, 6.07) is 5.16. The molecule has 0 heterocycles. The number of benzene rings is 1. The van der Waals surface area contributed by atoms with Gasteiger partial charge in [-0.05, 0) is 19.1 Å². The lowest BCUT2D eigenvalue weighted by Crippen LogP contribution is -2.51. The van der Waals surface area contributed by atoms with Crippen LogP contribution in [0.25, 0.3) is 0 Å². The maximum Gasteiger partial charge on any atom is 0.163 e. The first-order valence-electron chi connectivity index (χ1n) is 6.42. The Morgan fingerprint density at radius 3 is 2.21 bits per heavy atom. The van der Waals surface area contributed by atoms with E-state index >= 15 is 0 Å². The molecule has 0 fully saturated rings. The van der Waals surface area contributed by atoms with E-state index in [0.29, 0.717) is 11.1 Å². The third-order valence-electron chi connectivity index (χ3n) is 3.80. The van der Waals surface area contributed by atoms with Crippen LogP contribution in [-0.2, 0) is 0 Å². The number of hydrogen-bond acceptors (Lipinski definition) is 2. The number of para-hydroxylation sites is 1. The van der Waals surface area contributed by atoms with E-state index in [2.05, 4.69) is 44.2 Å². The van der Waals surface area contributed by atoms with Gasteiger partial charge in [-0.25, -0.2) is 0 Å². The van der Waals surface area contributed by atoms with E-state index in [1.807, 2.05) is 0 Å². The van der Waals surface area contributed by atoms with Crippen LogP contribution < -0.4 is 0 Å². The number of Topliss-reactive ketones (excluding diaryl/α,β-unsaturated/α-hetero) is 1. The number of ketones is 1. The largest absolute Gasteiger partial charge is 0.506 e. The first-order valence-corrected chi connectivity index (χ1v) is 13.9. The second-order valence-electron chi connectivity index (χ2n) is 6.38. The van der Waals surface area contributed by atoms with Crippen molar-refractivity contribution in [1.82, 2.24) is 0 Å². The predicted octanol–water partition coefficient (Wildman–Crippen LogP) is 3.61. The average Bonchev–Trinajstić information content (AvgIpc) is 2.25. The fourth-order valence-corrected chi connectivity index (χ4v) is 3.47. The smallest absolute Gasteiger partial charge is 0.163 e. The van der Waals surface area contributed by atoms with Crippen molar-refractivity contribution in [1.29, 1.82) is 0 Å². The van der Waals surface area contributed by atoms with Crippen LogP contribution in [0.3, 0.4) is 0 Å². The molecule has 0 aromatic heterocycles. The molecule has 0 saturated carbocycles. The highest BCUT2D eigenvalue weighted by molar-refractivity contribution is 7.43. The van der Waals surface area contributed by atoms with Gasteiger partial charge in [-0.3, -0.25) is 4.79 Å². The van der Waals surface area contributed by atoms with Crippen LogP contribution in [0.4, 0.5) is 0 Å². The Labute approximate surface area is 117 Å².